The molecule has 0 aromatic carbocycles. The molecule has 2 rings (SSSR count). The van der Waals surface area contributed by atoms with Crippen molar-refractivity contribution in [3.8, 4) is 0 Å². The Morgan fingerprint density at radius 2 is 2.00 bits per heavy atom. The summed E-state index contributed by atoms with van der Waals surface area (Å²) < 4.78 is 38.7. The van der Waals surface area contributed by atoms with Crippen LogP contribution in [0.15, 0.2) is 21.5 Å². The SMILES string of the molecule is CN(C)c1nnc(Sc2nc(C(F)(F)F)ccc2CN)s1. The number of rotatable bonds is 4. The van der Waals surface area contributed by atoms with Crippen LogP contribution in [-0.4, -0.2) is 29.3 Å². The highest BCUT2D eigenvalue weighted by atomic mass is 32.2. The van der Waals surface area contributed by atoms with Gasteiger partial charge in [0.25, 0.3) is 0 Å². The number of halogens is 3. The molecular weight excluding hydrogens is 323 g/mol. The summed E-state index contributed by atoms with van der Waals surface area (Å²) in [6, 6.07) is 2.27. The molecular formula is C11H12F3N5S2. The van der Waals surface area contributed by atoms with E-state index in [1.165, 1.54) is 17.4 Å². The number of pyridine rings is 1. The van der Waals surface area contributed by atoms with Crippen molar-refractivity contribution in [2.75, 3.05) is 19.0 Å². The molecule has 0 aliphatic carbocycles. The summed E-state index contributed by atoms with van der Waals surface area (Å²) in [7, 11) is 3.62. The highest BCUT2D eigenvalue weighted by molar-refractivity contribution is 8.01. The van der Waals surface area contributed by atoms with Gasteiger partial charge in [-0.25, -0.2) is 4.98 Å². The molecule has 0 amide bonds. The highest BCUT2D eigenvalue weighted by Gasteiger charge is 2.33. The van der Waals surface area contributed by atoms with Crippen molar-refractivity contribution in [3.05, 3.63) is 23.4 Å². The highest BCUT2D eigenvalue weighted by Crippen LogP contribution is 2.36. The van der Waals surface area contributed by atoms with Gasteiger partial charge in [0.05, 0.1) is 0 Å². The average Bonchev–Trinajstić information content (AvgIpc) is 2.86. The van der Waals surface area contributed by atoms with Gasteiger partial charge in [0, 0.05) is 20.6 Å². The molecule has 0 saturated carbocycles. The first-order valence-electron chi connectivity index (χ1n) is 5.77. The maximum absolute atomic E-state index is 12.7. The Labute approximate surface area is 127 Å². The number of hydrogen-bond donors (Lipinski definition) is 1. The van der Waals surface area contributed by atoms with Crippen molar-refractivity contribution in [2.45, 2.75) is 22.1 Å². The predicted octanol–water partition coefficient (Wildman–Crippen LogP) is 2.63. The average molecular weight is 335 g/mol. The predicted molar refractivity (Wildman–Crippen MR) is 75.5 cm³/mol. The van der Waals surface area contributed by atoms with Crippen LogP contribution in [0.3, 0.4) is 0 Å². The molecule has 0 radical (unpaired) electrons. The van der Waals surface area contributed by atoms with Gasteiger partial charge in [-0.15, -0.1) is 10.2 Å². The van der Waals surface area contributed by atoms with Gasteiger partial charge in [-0.1, -0.05) is 17.4 Å². The molecule has 0 saturated heterocycles. The summed E-state index contributed by atoms with van der Waals surface area (Å²) in [5, 5.41) is 8.73. The van der Waals surface area contributed by atoms with Gasteiger partial charge >= 0.3 is 6.18 Å². The minimum absolute atomic E-state index is 0.104. The lowest BCUT2D eigenvalue weighted by Crippen LogP contribution is -2.10. The third-order valence-electron chi connectivity index (χ3n) is 2.41. The van der Waals surface area contributed by atoms with Crippen molar-refractivity contribution in [2.24, 2.45) is 5.73 Å². The molecule has 0 bridgehead atoms. The molecule has 2 N–H and O–H groups in total. The van der Waals surface area contributed by atoms with E-state index in [-0.39, 0.29) is 11.6 Å². The second-order valence-corrected chi connectivity index (χ2v) is 6.40. The summed E-state index contributed by atoms with van der Waals surface area (Å²) in [5.41, 5.74) is 5.13. The van der Waals surface area contributed by atoms with Crippen LogP contribution in [0.25, 0.3) is 0 Å². The molecule has 0 aliphatic heterocycles. The zero-order valence-corrected chi connectivity index (χ0v) is 12.8. The second-order valence-electron chi connectivity index (χ2n) is 4.21. The molecule has 10 heteroatoms. The molecule has 5 nitrogen and oxygen atoms in total. The van der Waals surface area contributed by atoms with Crippen LogP contribution in [-0.2, 0) is 12.7 Å². The van der Waals surface area contributed by atoms with E-state index >= 15 is 0 Å². The van der Waals surface area contributed by atoms with E-state index in [1.807, 2.05) is 14.1 Å². The summed E-state index contributed by atoms with van der Waals surface area (Å²) in [5.74, 6) is 0. The molecule has 2 aromatic rings. The monoisotopic (exact) mass is 335 g/mol. The van der Waals surface area contributed by atoms with E-state index in [9.17, 15) is 13.2 Å². The smallest absolute Gasteiger partial charge is 0.353 e. The zero-order valence-electron chi connectivity index (χ0n) is 11.2. The van der Waals surface area contributed by atoms with Crippen LogP contribution in [0.5, 0.6) is 0 Å². The second kappa shape index (κ2) is 6.16. The van der Waals surface area contributed by atoms with E-state index in [0.29, 0.717) is 15.0 Å². The summed E-state index contributed by atoms with van der Waals surface area (Å²) in [6.45, 7) is 0.104. The minimum Gasteiger partial charge on any atom is -0.353 e. The van der Waals surface area contributed by atoms with Crippen LogP contribution in [0, 0.1) is 0 Å². The quantitative estimate of drug-likeness (QED) is 0.926. The van der Waals surface area contributed by atoms with Crippen molar-refractivity contribution in [1.29, 1.82) is 0 Å². The van der Waals surface area contributed by atoms with Crippen LogP contribution in [0.4, 0.5) is 18.3 Å². The maximum Gasteiger partial charge on any atom is 0.433 e. The van der Waals surface area contributed by atoms with Crippen molar-refractivity contribution in [1.82, 2.24) is 15.2 Å². The first-order valence-corrected chi connectivity index (χ1v) is 7.40. The van der Waals surface area contributed by atoms with Gasteiger partial charge in [0.15, 0.2) is 4.34 Å². The lowest BCUT2D eigenvalue weighted by molar-refractivity contribution is -0.141. The van der Waals surface area contributed by atoms with E-state index in [1.54, 1.807) is 4.90 Å². The van der Waals surface area contributed by atoms with Crippen LogP contribution in [0.1, 0.15) is 11.3 Å². The maximum atomic E-state index is 12.7. The molecule has 0 spiro atoms. The molecule has 2 aromatic heterocycles. The van der Waals surface area contributed by atoms with Gasteiger partial charge in [-0.05, 0) is 23.4 Å². The summed E-state index contributed by atoms with van der Waals surface area (Å²) in [4.78, 5) is 5.42. The molecule has 0 unspecified atom stereocenters. The third kappa shape index (κ3) is 3.83. The molecule has 0 fully saturated rings. The molecule has 0 aliphatic rings. The number of anilines is 1. The first-order chi connectivity index (χ1) is 9.81. The van der Waals surface area contributed by atoms with E-state index < -0.39 is 11.9 Å². The van der Waals surface area contributed by atoms with Crippen LogP contribution < -0.4 is 10.6 Å². The van der Waals surface area contributed by atoms with Crippen molar-refractivity contribution < 1.29 is 13.2 Å². The Morgan fingerprint density at radius 1 is 1.29 bits per heavy atom. The van der Waals surface area contributed by atoms with Crippen LogP contribution in [0.2, 0.25) is 0 Å². The molecule has 21 heavy (non-hydrogen) atoms. The number of alkyl halides is 3. The Kier molecular flexibility index (Phi) is 4.69. The largest absolute Gasteiger partial charge is 0.433 e. The molecule has 2 heterocycles. The summed E-state index contributed by atoms with van der Waals surface area (Å²) in [6.07, 6.45) is -4.49. The lowest BCUT2D eigenvalue weighted by Gasteiger charge is -2.10. The number of hydrogen-bond acceptors (Lipinski definition) is 7. The lowest BCUT2D eigenvalue weighted by atomic mass is 10.2. The van der Waals surface area contributed by atoms with Gasteiger partial charge < -0.3 is 10.6 Å². The van der Waals surface area contributed by atoms with E-state index in [0.717, 1.165) is 17.8 Å². The Morgan fingerprint density at radius 3 is 2.52 bits per heavy atom. The van der Waals surface area contributed by atoms with Gasteiger partial charge in [-0.2, -0.15) is 13.2 Å². The normalized spacial score (nSPS) is 11.7. The van der Waals surface area contributed by atoms with E-state index in [2.05, 4.69) is 15.2 Å². The van der Waals surface area contributed by atoms with E-state index in [4.69, 9.17) is 5.73 Å². The Bertz CT molecular complexity index is 627. The van der Waals surface area contributed by atoms with Gasteiger partial charge in [0.1, 0.15) is 10.7 Å². The standard InChI is InChI=1S/C11H12F3N5S2/c1-19(2)9-17-18-10(21-9)20-8-6(5-15)3-4-7(16-8)11(12,13)14/h3-4H,5,15H2,1-2H3. The number of nitrogens with two attached hydrogens (primary N) is 1. The van der Waals surface area contributed by atoms with Gasteiger partial charge in [-0.3, -0.25) is 0 Å². The topological polar surface area (TPSA) is 67.9 Å². The Hall–Kier alpha value is -1.39. The zero-order chi connectivity index (χ0) is 15.6. The number of nitrogens with zero attached hydrogens (tertiary/aromatic N) is 4. The fraction of sp³-hybridized carbons (Fsp3) is 0.364. The fourth-order valence-electron chi connectivity index (χ4n) is 1.38. The fourth-order valence-corrected chi connectivity index (χ4v) is 3.18. The molecule has 0 atom stereocenters. The minimum atomic E-state index is -4.49. The Balaban J connectivity index is 2.32. The van der Waals surface area contributed by atoms with Gasteiger partial charge in [0.2, 0.25) is 5.13 Å². The molecule has 114 valence electrons. The summed E-state index contributed by atoms with van der Waals surface area (Å²) >= 11 is 2.31. The number of aromatic nitrogens is 3. The van der Waals surface area contributed by atoms with Crippen molar-refractivity contribution in [3.63, 3.8) is 0 Å². The third-order valence-corrected chi connectivity index (χ3v) is 4.60. The van der Waals surface area contributed by atoms with Crippen molar-refractivity contribution >= 4 is 28.2 Å². The first kappa shape index (κ1) is 16.0. The van der Waals surface area contributed by atoms with Crippen LogP contribution >= 0.6 is 23.1 Å².